The van der Waals surface area contributed by atoms with Gasteiger partial charge in [-0.1, -0.05) is 65.0 Å². The number of ether oxygens (including phenoxy) is 1. The molecule has 5 nitrogen and oxygen atoms in total. The number of fused-ring (bicyclic) bond motifs is 7. The second kappa shape index (κ2) is 12.4. The minimum absolute atomic E-state index is 0.0122. The maximum atomic E-state index is 12.5. The van der Waals surface area contributed by atoms with Gasteiger partial charge in [0.05, 0.1) is 5.56 Å². The lowest BCUT2D eigenvalue weighted by molar-refractivity contribution is -0.219. The number of benzene rings is 1. The van der Waals surface area contributed by atoms with Crippen molar-refractivity contribution in [1.82, 2.24) is 5.32 Å². The van der Waals surface area contributed by atoms with E-state index in [0.29, 0.717) is 41.6 Å². The average molecular weight is 672 g/mol. The van der Waals surface area contributed by atoms with Gasteiger partial charge in [-0.25, -0.2) is 4.79 Å². The molecule has 0 bridgehead atoms. The maximum Gasteiger partial charge on any atom is 0.335 e. The van der Waals surface area contributed by atoms with Crippen LogP contribution in [0.1, 0.15) is 149 Å². The van der Waals surface area contributed by atoms with Crippen molar-refractivity contribution >= 4 is 17.5 Å². The van der Waals surface area contributed by atoms with E-state index in [1.54, 1.807) is 12.1 Å². The molecule has 0 amide bonds. The summed E-state index contributed by atoms with van der Waals surface area (Å²) in [6.07, 6.45) is 14.9. The monoisotopic (exact) mass is 671 g/mol. The molecule has 49 heavy (non-hydrogen) atoms. The van der Waals surface area contributed by atoms with Crippen LogP contribution in [0.15, 0.2) is 42.5 Å². The summed E-state index contributed by atoms with van der Waals surface area (Å²) < 4.78 is 5.61. The zero-order valence-electron chi connectivity index (χ0n) is 32.1. The number of aromatic carboxylic acids is 1. The molecule has 0 saturated heterocycles. The highest BCUT2D eigenvalue weighted by molar-refractivity contribution is 5.88. The van der Waals surface area contributed by atoms with Crippen LogP contribution in [0.2, 0.25) is 0 Å². The number of carboxylic acids is 1. The molecule has 270 valence electrons. The summed E-state index contributed by atoms with van der Waals surface area (Å²) in [7, 11) is 0. The van der Waals surface area contributed by atoms with Gasteiger partial charge in [-0.15, -0.1) is 0 Å². The Morgan fingerprint density at radius 3 is 2.24 bits per heavy atom. The van der Waals surface area contributed by atoms with Gasteiger partial charge in [-0.3, -0.25) is 4.79 Å². The van der Waals surface area contributed by atoms with E-state index in [2.05, 4.69) is 59.5 Å². The zero-order chi connectivity index (χ0) is 35.8. The van der Waals surface area contributed by atoms with Crippen molar-refractivity contribution in [3.05, 3.63) is 53.6 Å². The molecule has 5 aliphatic rings. The van der Waals surface area contributed by atoms with Crippen molar-refractivity contribution < 1.29 is 19.4 Å². The molecule has 0 heterocycles. The molecular weight excluding hydrogens is 606 g/mol. The fraction of sp³-hybridized carbons (Fsp3) is 0.727. The number of rotatable bonds is 8. The summed E-state index contributed by atoms with van der Waals surface area (Å²) in [4.78, 5) is 24.0. The molecule has 0 radical (unpaired) electrons. The standard InChI is InChI=1S/C44H65NO4/c1-28(2)31-19-24-44(45-27-11-12-36(46)49-39(3,4)5)26-25-42(9)33(37(31)44)17-18-35-41(8)22-20-32(29-13-15-30(16-14-29)38(47)48)40(6,7)34(41)21-23-43(35,42)10/h13-16,20,31,33-35,37,45H,1,11-12,17-19,21-27H2,2-10H3,(H,47,48)/t31-,33+,34-,35+,37+,41-,42+,43+,44-/m0/s1. The van der Waals surface area contributed by atoms with Crippen LogP contribution in [0.4, 0.5) is 0 Å². The molecule has 1 aromatic carbocycles. The molecular formula is C44H65NO4. The first-order valence-corrected chi connectivity index (χ1v) is 19.5. The van der Waals surface area contributed by atoms with Crippen molar-refractivity contribution in [3.8, 4) is 0 Å². The predicted octanol–water partition coefficient (Wildman–Crippen LogP) is 10.5. The van der Waals surface area contributed by atoms with E-state index in [1.165, 1.54) is 68.1 Å². The molecule has 5 aliphatic carbocycles. The molecule has 0 unspecified atom stereocenters. The van der Waals surface area contributed by atoms with Crippen LogP contribution in [-0.4, -0.2) is 34.7 Å². The van der Waals surface area contributed by atoms with E-state index in [1.807, 2.05) is 32.9 Å². The Balaban J connectivity index is 1.25. The first kappa shape index (κ1) is 36.4. The summed E-state index contributed by atoms with van der Waals surface area (Å²) in [6, 6.07) is 7.59. The van der Waals surface area contributed by atoms with Crippen molar-refractivity contribution in [2.24, 2.45) is 51.2 Å². The SMILES string of the molecule is C=C(C)[C@@H]1CC[C@]2(NCCCC(=O)OC(C)(C)C)CC[C@]3(C)[C@H](CC[C@@H]4[C@@]5(C)CC=C(c6ccc(C(=O)O)cc6)C(C)(C)[C@@H]5CC[C@]43C)[C@@H]12. The van der Waals surface area contributed by atoms with Crippen molar-refractivity contribution in [3.63, 3.8) is 0 Å². The highest BCUT2D eigenvalue weighted by Crippen LogP contribution is 2.76. The molecule has 6 rings (SSSR count). The molecule has 0 aromatic heterocycles. The average Bonchev–Trinajstić information content (AvgIpc) is 3.39. The van der Waals surface area contributed by atoms with Crippen LogP contribution < -0.4 is 5.32 Å². The van der Waals surface area contributed by atoms with Crippen LogP contribution in [0.3, 0.4) is 0 Å². The van der Waals surface area contributed by atoms with Gasteiger partial charge in [0.15, 0.2) is 0 Å². The van der Waals surface area contributed by atoms with Crippen LogP contribution in [-0.2, 0) is 9.53 Å². The highest BCUT2D eigenvalue weighted by Gasteiger charge is 2.70. The third kappa shape index (κ3) is 5.86. The van der Waals surface area contributed by atoms with Gasteiger partial charge in [0.2, 0.25) is 0 Å². The fourth-order valence-corrected chi connectivity index (χ4v) is 13.3. The Morgan fingerprint density at radius 1 is 0.918 bits per heavy atom. The summed E-state index contributed by atoms with van der Waals surface area (Å²) in [5, 5.41) is 13.6. The van der Waals surface area contributed by atoms with E-state index in [0.717, 1.165) is 19.4 Å². The van der Waals surface area contributed by atoms with Crippen molar-refractivity contribution in [2.45, 2.75) is 144 Å². The zero-order valence-corrected chi connectivity index (χ0v) is 32.1. The highest BCUT2D eigenvalue weighted by atomic mass is 16.6. The number of hydrogen-bond acceptors (Lipinski definition) is 4. The third-order valence-corrected chi connectivity index (χ3v) is 15.5. The van der Waals surface area contributed by atoms with Gasteiger partial charge in [0, 0.05) is 12.0 Å². The molecule has 4 saturated carbocycles. The molecule has 5 heteroatoms. The normalized spacial score (nSPS) is 39.4. The Hall–Kier alpha value is -2.40. The van der Waals surface area contributed by atoms with Crippen molar-refractivity contribution in [1.29, 1.82) is 0 Å². The van der Waals surface area contributed by atoms with Gasteiger partial charge >= 0.3 is 11.9 Å². The molecule has 2 N–H and O–H groups in total. The van der Waals surface area contributed by atoms with Gasteiger partial charge in [-0.2, -0.15) is 0 Å². The molecule has 4 fully saturated rings. The lowest BCUT2D eigenvalue weighted by Gasteiger charge is -2.72. The molecule has 1 aromatic rings. The summed E-state index contributed by atoms with van der Waals surface area (Å²) in [5.41, 5.74) is 4.77. The maximum absolute atomic E-state index is 12.5. The summed E-state index contributed by atoms with van der Waals surface area (Å²) in [6.45, 7) is 26.5. The smallest absolute Gasteiger partial charge is 0.335 e. The van der Waals surface area contributed by atoms with E-state index < -0.39 is 11.6 Å². The van der Waals surface area contributed by atoms with Crippen LogP contribution in [0.25, 0.3) is 5.57 Å². The first-order chi connectivity index (χ1) is 22.8. The Labute approximate surface area is 297 Å². The molecule has 9 atom stereocenters. The van der Waals surface area contributed by atoms with Gasteiger partial charge in [0.25, 0.3) is 0 Å². The lowest BCUT2D eigenvalue weighted by atomic mass is 9.33. The fourth-order valence-electron chi connectivity index (χ4n) is 13.3. The largest absolute Gasteiger partial charge is 0.478 e. The van der Waals surface area contributed by atoms with Crippen LogP contribution in [0, 0.1) is 51.2 Å². The van der Waals surface area contributed by atoms with Crippen LogP contribution >= 0.6 is 0 Å². The van der Waals surface area contributed by atoms with Crippen LogP contribution in [0.5, 0.6) is 0 Å². The number of carbonyl (C=O) groups excluding carboxylic acids is 1. The second-order valence-electron chi connectivity index (χ2n) is 19.4. The first-order valence-electron chi connectivity index (χ1n) is 19.5. The Morgan fingerprint density at radius 2 is 1.61 bits per heavy atom. The Bertz CT molecular complexity index is 1500. The summed E-state index contributed by atoms with van der Waals surface area (Å²) in [5.74, 6) is 2.11. The van der Waals surface area contributed by atoms with Gasteiger partial charge in [-0.05, 0) is 173 Å². The molecule has 0 aliphatic heterocycles. The second-order valence-corrected chi connectivity index (χ2v) is 19.4. The third-order valence-electron chi connectivity index (χ3n) is 15.5. The quantitative estimate of drug-likeness (QED) is 0.163. The molecule has 0 spiro atoms. The topological polar surface area (TPSA) is 75.6 Å². The van der Waals surface area contributed by atoms with E-state index in [-0.39, 0.29) is 33.2 Å². The number of esters is 1. The van der Waals surface area contributed by atoms with Gasteiger partial charge < -0.3 is 15.2 Å². The van der Waals surface area contributed by atoms with E-state index >= 15 is 0 Å². The van der Waals surface area contributed by atoms with Crippen molar-refractivity contribution in [2.75, 3.05) is 6.54 Å². The Kier molecular flexibility index (Phi) is 9.19. The number of nitrogens with one attached hydrogen (secondary N) is 1. The van der Waals surface area contributed by atoms with E-state index in [4.69, 9.17) is 4.74 Å². The van der Waals surface area contributed by atoms with E-state index in [9.17, 15) is 14.7 Å². The van der Waals surface area contributed by atoms with Gasteiger partial charge in [0.1, 0.15) is 5.60 Å². The number of hydrogen-bond donors (Lipinski definition) is 2. The minimum Gasteiger partial charge on any atom is -0.478 e. The number of allylic oxidation sites excluding steroid dienone is 3. The lowest BCUT2D eigenvalue weighted by Crippen LogP contribution is -2.68. The summed E-state index contributed by atoms with van der Waals surface area (Å²) >= 11 is 0. The number of carboxylic acid groups (broad SMARTS) is 1. The predicted molar refractivity (Wildman–Crippen MR) is 199 cm³/mol. The number of carbonyl (C=O) groups is 2. The minimum atomic E-state index is -0.868.